The maximum Gasteiger partial charge on any atom is 0.233 e. The summed E-state index contributed by atoms with van der Waals surface area (Å²) in [4.78, 5) is 22.1. The minimum absolute atomic E-state index is 0. The number of carbonyl (C=O) groups excluding carboxylic acids is 1. The minimum atomic E-state index is -3.34. The monoisotopic (exact) mass is 525 g/mol. The fraction of sp³-hybridized carbons (Fsp3) is 0.417. The van der Waals surface area contributed by atoms with Crippen molar-refractivity contribution in [3.8, 4) is 5.75 Å². The predicted molar refractivity (Wildman–Crippen MR) is 141 cm³/mol. The Labute approximate surface area is 212 Å². The first kappa shape index (κ1) is 28.0. The molecule has 0 aliphatic heterocycles. The first-order valence-electron chi connectivity index (χ1n) is 10.8. The Morgan fingerprint density at radius 1 is 1.09 bits per heavy atom. The van der Waals surface area contributed by atoms with E-state index in [4.69, 9.17) is 9.72 Å². The third-order valence-electron chi connectivity index (χ3n) is 5.34. The van der Waals surface area contributed by atoms with Gasteiger partial charge in [0.15, 0.2) is 15.0 Å². The van der Waals surface area contributed by atoms with Crippen molar-refractivity contribution < 1.29 is 17.9 Å². The molecule has 3 rings (SSSR count). The summed E-state index contributed by atoms with van der Waals surface area (Å²) in [5.41, 5.74) is 1.51. The summed E-state index contributed by atoms with van der Waals surface area (Å²) >= 11 is 1.46. The molecule has 0 N–H and O–H groups in total. The maximum atomic E-state index is 13.3. The van der Waals surface area contributed by atoms with Gasteiger partial charge in [-0.2, -0.15) is 0 Å². The number of hydrogen-bond acceptors (Lipinski definition) is 7. The van der Waals surface area contributed by atoms with Crippen LogP contribution in [0.5, 0.6) is 5.75 Å². The molecule has 0 saturated carbocycles. The number of nitrogens with zero attached hydrogens (tertiary/aromatic N) is 3. The van der Waals surface area contributed by atoms with Crippen LogP contribution in [0.2, 0.25) is 0 Å². The lowest BCUT2D eigenvalue weighted by Gasteiger charge is -2.21. The standard InChI is InChI=1S/C24H31N3O4S2.ClH/c1-17(2)33(29,30)19-12-10-18(11-13-19)16-22(28)27(15-7-14-26(3)4)24-25-23-20(31-5)8-6-9-21(23)32-24;/h6,8-13,17H,7,14-16H2,1-5H3;1H. The molecule has 0 aliphatic rings. The number of sulfone groups is 1. The number of anilines is 1. The number of aromatic nitrogens is 1. The van der Waals surface area contributed by atoms with Gasteiger partial charge in [-0.15, -0.1) is 12.4 Å². The topological polar surface area (TPSA) is 79.8 Å². The second kappa shape index (κ2) is 12.0. The summed E-state index contributed by atoms with van der Waals surface area (Å²) < 4.78 is 31.1. The molecule has 0 spiro atoms. The van der Waals surface area contributed by atoms with E-state index in [-0.39, 0.29) is 29.6 Å². The fourth-order valence-corrected chi connectivity index (χ4v) is 5.49. The molecule has 186 valence electrons. The summed E-state index contributed by atoms with van der Waals surface area (Å²) in [6, 6.07) is 12.3. The Morgan fingerprint density at radius 3 is 2.35 bits per heavy atom. The van der Waals surface area contributed by atoms with Crippen LogP contribution < -0.4 is 9.64 Å². The Hall–Kier alpha value is -2.20. The van der Waals surface area contributed by atoms with Gasteiger partial charge in [0.2, 0.25) is 5.91 Å². The largest absolute Gasteiger partial charge is 0.494 e. The Kier molecular flexibility index (Phi) is 9.87. The van der Waals surface area contributed by atoms with Crippen LogP contribution in [0.15, 0.2) is 47.4 Å². The van der Waals surface area contributed by atoms with Crippen molar-refractivity contribution in [1.82, 2.24) is 9.88 Å². The molecule has 0 saturated heterocycles. The third-order valence-corrected chi connectivity index (χ3v) is 8.55. The molecule has 0 unspecified atom stereocenters. The summed E-state index contributed by atoms with van der Waals surface area (Å²) in [6.45, 7) is 4.70. The van der Waals surface area contributed by atoms with E-state index in [2.05, 4.69) is 4.90 Å². The lowest BCUT2D eigenvalue weighted by atomic mass is 10.1. The van der Waals surface area contributed by atoms with Gasteiger partial charge in [0.05, 0.1) is 28.4 Å². The van der Waals surface area contributed by atoms with E-state index < -0.39 is 15.1 Å². The average Bonchev–Trinajstić information content (AvgIpc) is 3.20. The zero-order valence-corrected chi connectivity index (χ0v) is 22.6. The van der Waals surface area contributed by atoms with E-state index in [1.807, 2.05) is 32.3 Å². The number of thiazole rings is 1. The number of ether oxygens (including phenoxy) is 1. The predicted octanol–water partition coefficient (Wildman–Crippen LogP) is 4.44. The van der Waals surface area contributed by atoms with Crippen molar-refractivity contribution in [3.05, 3.63) is 48.0 Å². The molecular formula is C24H32ClN3O4S2. The van der Waals surface area contributed by atoms with Crippen LogP contribution in [0.1, 0.15) is 25.8 Å². The number of carbonyl (C=O) groups is 1. The van der Waals surface area contributed by atoms with Crippen LogP contribution in [0.25, 0.3) is 10.2 Å². The molecular weight excluding hydrogens is 494 g/mol. The molecule has 0 radical (unpaired) electrons. The number of para-hydroxylation sites is 1. The number of benzene rings is 2. The van der Waals surface area contributed by atoms with Crippen molar-refractivity contribution in [1.29, 1.82) is 0 Å². The van der Waals surface area contributed by atoms with Gasteiger partial charge in [-0.3, -0.25) is 9.69 Å². The second-order valence-electron chi connectivity index (χ2n) is 8.42. The molecule has 10 heteroatoms. The summed E-state index contributed by atoms with van der Waals surface area (Å²) in [7, 11) is 2.27. The van der Waals surface area contributed by atoms with Crippen molar-refractivity contribution in [2.45, 2.75) is 36.8 Å². The number of halogens is 1. The summed E-state index contributed by atoms with van der Waals surface area (Å²) in [6.07, 6.45) is 0.967. The highest BCUT2D eigenvalue weighted by atomic mass is 35.5. The second-order valence-corrected chi connectivity index (χ2v) is 11.9. The van der Waals surface area contributed by atoms with Gasteiger partial charge in [-0.05, 0) is 70.7 Å². The molecule has 0 fully saturated rings. The fourth-order valence-electron chi connectivity index (χ4n) is 3.40. The zero-order chi connectivity index (χ0) is 24.2. The summed E-state index contributed by atoms with van der Waals surface area (Å²) in [5.74, 6) is 0.601. The first-order valence-corrected chi connectivity index (χ1v) is 13.2. The number of methoxy groups -OCH3 is 1. The van der Waals surface area contributed by atoms with Gasteiger partial charge < -0.3 is 9.64 Å². The van der Waals surface area contributed by atoms with E-state index in [9.17, 15) is 13.2 Å². The van der Waals surface area contributed by atoms with E-state index >= 15 is 0 Å². The van der Waals surface area contributed by atoms with Gasteiger partial charge in [0.25, 0.3) is 0 Å². The average molecular weight is 526 g/mol. The molecule has 3 aromatic rings. The Bertz CT molecular complexity index is 1210. The van der Waals surface area contributed by atoms with Crippen molar-refractivity contribution >= 4 is 54.8 Å². The van der Waals surface area contributed by atoms with Crippen LogP contribution in [-0.4, -0.2) is 63.8 Å². The molecule has 7 nitrogen and oxygen atoms in total. The lowest BCUT2D eigenvalue weighted by Crippen LogP contribution is -2.34. The van der Waals surface area contributed by atoms with Gasteiger partial charge in [-0.25, -0.2) is 13.4 Å². The normalized spacial score (nSPS) is 11.6. The van der Waals surface area contributed by atoms with Crippen LogP contribution in [0, 0.1) is 0 Å². The van der Waals surface area contributed by atoms with Crippen LogP contribution in [0.4, 0.5) is 5.13 Å². The molecule has 1 aromatic heterocycles. The minimum Gasteiger partial charge on any atom is -0.494 e. The van der Waals surface area contributed by atoms with Crippen molar-refractivity contribution in [2.75, 3.05) is 39.2 Å². The molecule has 1 heterocycles. The van der Waals surface area contributed by atoms with E-state index in [1.165, 1.54) is 11.3 Å². The quantitative estimate of drug-likeness (QED) is 0.389. The highest BCUT2D eigenvalue weighted by Gasteiger charge is 2.22. The molecule has 34 heavy (non-hydrogen) atoms. The number of fused-ring (bicyclic) bond motifs is 1. The maximum absolute atomic E-state index is 13.3. The highest BCUT2D eigenvalue weighted by Crippen LogP contribution is 2.34. The van der Waals surface area contributed by atoms with Crippen molar-refractivity contribution in [2.24, 2.45) is 0 Å². The number of rotatable bonds is 10. The molecule has 2 aromatic carbocycles. The lowest BCUT2D eigenvalue weighted by molar-refractivity contribution is -0.118. The Morgan fingerprint density at radius 2 is 1.76 bits per heavy atom. The summed E-state index contributed by atoms with van der Waals surface area (Å²) in [5, 5.41) is 0.144. The van der Waals surface area contributed by atoms with Gasteiger partial charge >= 0.3 is 0 Å². The Balaban J connectivity index is 0.00000408. The highest BCUT2D eigenvalue weighted by molar-refractivity contribution is 7.92. The molecule has 1 amide bonds. The van der Waals surface area contributed by atoms with Crippen LogP contribution in [0.3, 0.4) is 0 Å². The third kappa shape index (κ3) is 6.47. The smallest absolute Gasteiger partial charge is 0.233 e. The molecule has 0 atom stereocenters. The van der Waals surface area contributed by atoms with Crippen LogP contribution in [-0.2, 0) is 21.1 Å². The van der Waals surface area contributed by atoms with Gasteiger partial charge in [-0.1, -0.05) is 29.5 Å². The van der Waals surface area contributed by atoms with E-state index in [0.717, 1.165) is 28.7 Å². The number of hydrogen-bond donors (Lipinski definition) is 0. The van der Waals surface area contributed by atoms with Crippen LogP contribution >= 0.6 is 23.7 Å². The number of amides is 1. The van der Waals surface area contributed by atoms with Gasteiger partial charge in [0, 0.05) is 6.54 Å². The SMILES string of the molecule is COc1cccc2sc(N(CCCN(C)C)C(=O)Cc3ccc(S(=O)(=O)C(C)C)cc3)nc12.Cl. The van der Waals surface area contributed by atoms with E-state index in [0.29, 0.717) is 17.4 Å². The molecule has 0 bridgehead atoms. The van der Waals surface area contributed by atoms with E-state index in [1.54, 1.807) is 50.1 Å². The van der Waals surface area contributed by atoms with Crippen molar-refractivity contribution in [3.63, 3.8) is 0 Å². The molecule has 0 aliphatic carbocycles. The zero-order valence-electron chi connectivity index (χ0n) is 20.1. The first-order chi connectivity index (χ1) is 15.6. The van der Waals surface area contributed by atoms with Gasteiger partial charge in [0.1, 0.15) is 11.3 Å².